The fourth-order valence-corrected chi connectivity index (χ4v) is 10.0. The molecule has 3 aromatic carbocycles. The van der Waals surface area contributed by atoms with E-state index in [1.54, 1.807) is 49.1 Å². The lowest BCUT2D eigenvalue weighted by atomic mass is 10.0. The fraction of sp³-hybridized carbons (Fsp3) is 0.411. The lowest BCUT2D eigenvalue weighted by molar-refractivity contribution is -0.873. The van der Waals surface area contributed by atoms with Crippen molar-refractivity contribution in [1.82, 2.24) is 35.7 Å². The maximum absolute atomic E-state index is 15.3. The average molecular weight is 1150 g/mol. The van der Waals surface area contributed by atoms with E-state index >= 15 is 4.39 Å². The summed E-state index contributed by atoms with van der Waals surface area (Å²) in [5.41, 5.74) is 13.9. The molecular formula is C56H70FN13O9S2. The molecule has 25 heteroatoms. The molecule has 0 spiro atoms. The SMILES string of the molecule is Cc1cc(N(CCCC(O)C[N+](C)(C)C)c2nc(C(=O)[O-])c(CCCOc3ccc(C#CCN(C)C(=O)OCc4ccc(NC(=O)[C@H](CCCNC(N)=O)NC(=O)[C@@H](N)C(C)C)cc4)cc3F)s2)nnc1Nc1nc2ccccc2s1. The number of ether oxygens (including phenoxy) is 2. The highest BCUT2D eigenvalue weighted by atomic mass is 32.1. The van der Waals surface area contributed by atoms with Crippen LogP contribution in [0.15, 0.2) is 72.8 Å². The number of primary amides is 1. The Bertz CT molecular complexity index is 3160. The van der Waals surface area contributed by atoms with Crippen LogP contribution in [0.4, 0.5) is 41.6 Å². The molecule has 3 atom stereocenters. The molecule has 0 aliphatic carbocycles. The van der Waals surface area contributed by atoms with E-state index in [0.717, 1.165) is 15.8 Å². The number of carboxylic acids is 1. The summed E-state index contributed by atoms with van der Waals surface area (Å²) in [6.45, 7) is 6.51. The predicted octanol–water partition coefficient (Wildman–Crippen LogP) is 5.57. The quantitative estimate of drug-likeness (QED) is 0.0179. The normalized spacial score (nSPS) is 12.4. The van der Waals surface area contributed by atoms with Gasteiger partial charge in [-0.3, -0.25) is 9.59 Å². The lowest BCUT2D eigenvalue weighted by Crippen LogP contribution is -2.51. The number of thiazole rings is 2. The van der Waals surface area contributed by atoms with E-state index in [1.165, 1.54) is 46.8 Å². The van der Waals surface area contributed by atoms with Gasteiger partial charge in [0, 0.05) is 36.3 Å². The van der Waals surface area contributed by atoms with E-state index in [0.29, 0.717) is 86.8 Å². The number of aromatic nitrogens is 4. The number of anilines is 5. The molecule has 6 rings (SSSR count). The van der Waals surface area contributed by atoms with Crippen molar-refractivity contribution in [3.05, 3.63) is 106 Å². The maximum atomic E-state index is 15.3. The molecule has 0 radical (unpaired) electrons. The predicted molar refractivity (Wildman–Crippen MR) is 308 cm³/mol. The molecular weight excluding hydrogens is 1080 g/mol. The van der Waals surface area contributed by atoms with Crippen LogP contribution >= 0.6 is 22.7 Å². The van der Waals surface area contributed by atoms with E-state index < -0.39 is 53.9 Å². The molecule has 0 saturated heterocycles. The number of benzene rings is 3. The molecule has 432 valence electrons. The highest BCUT2D eigenvalue weighted by Crippen LogP contribution is 2.34. The molecule has 9 N–H and O–H groups in total. The van der Waals surface area contributed by atoms with Crippen molar-refractivity contribution in [2.24, 2.45) is 17.4 Å². The van der Waals surface area contributed by atoms with Gasteiger partial charge in [0.05, 0.1) is 56.5 Å². The van der Waals surface area contributed by atoms with Crippen LogP contribution < -0.4 is 47.5 Å². The number of aromatic carboxylic acids is 1. The van der Waals surface area contributed by atoms with Gasteiger partial charge >= 0.3 is 12.1 Å². The molecule has 1 unspecified atom stereocenters. The first-order valence-electron chi connectivity index (χ1n) is 26.3. The third-order valence-corrected chi connectivity index (χ3v) is 14.4. The molecule has 6 aromatic rings. The summed E-state index contributed by atoms with van der Waals surface area (Å²) < 4.78 is 28.1. The Balaban J connectivity index is 0.994. The van der Waals surface area contributed by atoms with Crippen molar-refractivity contribution in [2.45, 2.75) is 84.1 Å². The zero-order valence-electron chi connectivity index (χ0n) is 46.4. The average Bonchev–Trinajstić information content (AvgIpc) is 4.05. The number of amides is 5. The summed E-state index contributed by atoms with van der Waals surface area (Å²) in [6.07, 6.45) is 0.910. The molecule has 0 bridgehead atoms. The first-order chi connectivity index (χ1) is 38.5. The standard InChI is InChI=1S/C56H70FN13O9S2/c1-34(2)47(58)51(73)62-42(17-10-26-60-53(59)76)50(72)61-38-23-20-37(21-24-38)33-79-56(77)68(4)27-11-14-36-22-25-43(40(57)31-36)78-29-13-19-45-48(52(74)75)64-55(81-45)69(28-12-15-39(71)32-70(5,6)7)46-30-35(3)49(67-66-46)65-54-63-41-16-8-9-18-44(41)80-54/h8-9,16,18,20-25,30-31,34,39,42,47,71H,10,12-13,15,17,19,26-29,32-33,58H2,1-7H3,(H6-,59,60,61,62,63,65,67,72,73,74,75,76)/t39?,42-,47-/m0/s1. The number of quaternary nitrogens is 1. The van der Waals surface area contributed by atoms with E-state index in [4.69, 9.17) is 20.9 Å². The van der Waals surface area contributed by atoms with Gasteiger partial charge in [0.25, 0.3) is 0 Å². The molecule has 3 heterocycles. The number of aliphatic hydroxyl groups excluding tert-OH is 1. The Labute approximate surface area is 478 Å². The van der Waals surface area contributed by atoms with Gasteiger partial charge in [-0.25, -0.2) is 23.9 Å². The number of likely N-dealkylation sites (N-methyl/N-ethyl adjacent to an activating group) is 1. The number of hydrogen-bond donors (Lipinski definition) is 7. The van der Waals surface area contributed by atoms with Gasteiger partial charge in [-0.05, 0) is 111 Å². The zero-order valence-corrected chi connectivity index (χ0v) is 48.0. The van der Waals surface area contributed by atoms with E-state index in [-0.39, 0.29) is 56.5 Å². The topological polar surface area (TPSA) is 305 Å². The summed E-state index contributed by atoms with van der Waals surface area (Å²) in [4.78, 5) is 74.8. The number of aryl methyl sites for hydroxylation is 2. The molecule has 3 aromatic heterocycles. The summed E-state index contributed by atoms with van der Waals surface area (Å²) in [7, 11) is 7.51. The number of carbonyl (C=O) groups excluding carboxylic acids is 5. The first-order valence-corrected chi connectivity index (χ1v) is 27.9. The number of halogens is 1. The number of nitrogens with zero attached hydrogens (tertiary/aromatic N) is 7. The number of hydrogen-bond acceptors (Lipinski definition) is 18. The van der Waals surface area contributed by atoms with Crippen molar-refractivity contribution in [2.75, 3.05) is 76.5 Å². The summed E-state index contributed by atoms with van der Waals surface area (Å²) in [5.74, 6) is 3.36. The van der Waals surface area contributed by atoms with Gasteiger partial charge in [-0.15, -0.1) is 21.5 Å². The number of nitrogens with two attached hydrogens (primary N) is 2. The first kappa shape index (κ1) is 62.2. The summed E-state index contributed by atoms with van der Waals surface area (Å²) in [6, 6.07) is 18.0. The summed E-state index contributed by atoms with van der Waals surface area (Å²) >= 11 is 2.66. The van der Waals surface area contributed by atoms with Gasteiger partial charge in [-0.1, -0.05) is 61.3 Å². The Hall–Kier alpha value is -8.02. The molecule has 0 fully saturated rings. The number of carboxylic acid groups (broad SMARTS) is 1. The minimum Gasteiger partial charge on any atom is -0.543 e. The van der Waals surface area contributed by atoms with Crippen molar-refractivity contribution in [1.29, 1.82) is 0 Å². The van der Waals surface area contributed by atoms with Crippen LogP contribution in [0.3, 0.4) is 0 Å². The zero-order chi connectivity index (χ0) is 58.8. The van der Waals surface area contributed by atoms with Gasteiger partial charge in [-0.2, -0.15) is 0 Å². The van der Waals surface area contributed by atoms with E-state index in [1.807, 2.05) is 58.4 Å². The van der Waals surface area contributed by atoms with Crippen molar-refractivity contribution >= 4 is 90.4 Å². The van der Waals surface area contributed by atoms with Crippen LogP contribution in [0, 0.1) is 30.5 Å². The molecule has 0 aliphatic rings. The van der Waals surface area contributed by atoms with Gasteiger partial charge in [0.1, 0.15) is 31.0 Å². The smallest absolute Gasteiger partial charge is 0.410 e. The van der Waals surface area contributed by atoms with Gasteiger partial charge < -0.3 is 71.5 Å². The highest BCUT2D eigenvalue weighted by Gasteiger charge is 2.26. The molecule has 22 nitrogen and oxygen atoms in total. The number of nitrogens with one attached hydrogen (secondary N) is 4. The van der Waals surface area contributed by atoms with Crippen LogP contribution in [-0.4, -0.2) is 144 Å². The molecule has 5 amide bonds. The molecule has 0 saturated carbocycles. The number of carbonyl (C=O) groups is 5. The Morgan fingerprint density at radius 2 is 1.69 bits per heavy atom. The second kappa shape index (κ2) is 29.4. The Morgan fingerprint density at radius 1 is 0.938 bits per heavy atom. The molecule has 81 heavy (non-hydrogen) atoms. The highest BCUT2D eigenvalue weighted by molar-refractivity contribution is 7.22. The van der Waals surface area contributed by atoms with Crippen molar-refractivity contribution in [3.8, 4) is 17.6 Å². The Morgan fingerprint density at radius 3 is 2.37 bits per heavy atom. The largest absolute Gasteiger partial charge is 0.543 e. The Kier molecular flexibility index (Phi) is 22.6. The minimum atomic E-state index is -1.45. The lowest BCUT2D eigenvalue weighted by Gasteiger charge is -2.27. The van der Waals surface area contributed by atoms with Gasteiger partial charge in [0.2, 0.25) is 11.8 Å². The second-order valence-electron chi connectivity index (χ2n) is 20.6. The number of rotatable bonds is 28. The fourth-order valence-electron chi connectivity index (χ4n) is 8.02. The van der Waals surface area contributed by atoms with E-state index in [2.05, 4.69) is 53.3 Å². The molecule has 0 aliphatic heterocycles. The van der Waals surface area contributed by atoms with Gasteiger partial charge in [0.15, 0.2) is 33.5 Å². The number of fused-ring (bicyclic) bond motifs is 1. The third-order valence-electron chi connectivity index (χ3n) is 12.4. The number of para-hydroxylation sites is 1. The number of urea groups is 1. The maximum Gasteiger partial charge on any atom is 0.410 e. The van der Waals surface area contributed by atoms with Crippen LogP contribution in [0.5, 0.6) is 5.75 Å². The van der Waals surface area contributed by atoms with Crippen LogP contribution in [0.25, 0.3) is 10.2 Å². The summed E-state index contributed by atoms with van der Waals surface area (Å²) in [5, 5.41) is 44.5. The monoisotopic (exact) mass is 1150 g/mol. The van der Waals surface area contributed by atoms with Crippen molar-refractivity contribution < 1.29 is 52.5 Å². The van der Waals surface area contributed by atoms with Crippen molar-refractivity contribution in [3.63, 3.8) is 0 Å². The number of aliphatic hydroxyl groups is 1. The van der Waals surface area contributed by atoms with E-state index in [9.17, 15) is 34.2 Å². The van der Waals surface area contributed by atoms with Crippen LogP contribution in [0.2, 0.25) is 0 Å². The minimum absolute atomic E-state index is 0.0260. The van der Waals surface area contributed by atoms with Crippen LogP contribution in [-0.2, 0) is 27.4 Å². The second-order valence-corrected chi connectivity index (χ2v) is 22.7. The van der Waals surface area contributed by atoms with Crippen LogP contribution in [0.1, 0.15) is 78.0 Å². The third kappa shape index (κ3) is 19.3.